The van der Waals surface area contributed by atoms with E-state index in [0.29, 0.717) is 11.3 Å². The molecule has 0 bridgehead atoms. The van der Waals surface area contributed by atoms with Crippen LogP contribution in [0.2, 0.25) is 0 Å². The average molecular weight is 274 g/mol. The fourth-order valence-corrected chi connectivity index (χ4v) is 2.78. The highest BCUT2D eigenvalue weighted by atomic mass is 32.2. The molecule has 0 amide bonds. The molecule has 0 radical (unpaired) electrons. The van der Waals surface area contributed by atoms with Crippen LogP contribution < -0.4 is 0 Å². The maximum Gasteiger partial charge on any atom is 0.337 e. The van der Waals surface area contributed by atoms with Crippen LogP contribution in [-0.2, 0) is 21.3 Å². The van der Waals surface area contributed by atoms with Gasteiger partial charge in [-0.25, -0.2) is 4.79 Å². The molecule has 0 heterocycles. The summed E-state index contributed by atoms with van der Waals surface area (Å²) in [6, 6.07) is 16.3. The van der Waals surface area contributed by atoms with Gasteiger partial charge in [0.2, 0.25) is 0 Å². The molecule has 0 unspecified atom stereocenters. The number of esters is 1. The number of carbonyl (C=O) groups is 1. The zero-order chi connectivity index (χ0) is 13.7. The summed E-state index contributed by atoms with van der Waals surface area (Å²) in [4.78, 5) is 12.1. The summed E-state index contributed by atoms with van der Waals surface area (Å²) in [7, 11) is 0.278. The Bertz CT molecular complexity index is 576. The minimum Gasteiger partial charge on any atom is -0.465 e. The minimum atomic E-state index is -1.07. The van der Waals surface area contributed by atoms with Gasteiger partial charge in [-0.05, 0) is 29.8 Å². The normalized spacial score (nSPS) is 11.8. The average Bonchev–Trinajstić information content (AvgIpc) is 2.48. The third-order valence-electron chi connectivity index (χ3n) is 2.68. The van der Waals surface area contributed by atoms with Crippen LogP contribution in [0.5, 0.6) is 0 Å². The zero-order valence-electron chi connectivity index (χ0n) is 10.5. The highest BCUT2D eigenvalue weighted by Gasteiger charge is 2.07. The van der Waals surface area contributed by atoms with E-state index in [-0.39, 0.29) is 5.97 Å². The molecule has 0 aromatic heterocycles. The summed E-state index contributed by atoms with van der Waals surface area (Å²) < 4.78 is 16.7. The number of methoxy groups -OCH3 is 1. The molecule has 3 nitrogen and oxygen atoms in total. The summed E-state index contributed by atoms with van der Waals surface area (Å²) in [5.74, 6) is 0.0709. The van der Waals surface area contributed by atoms with Gasteiger partial charge in [0.05, 0.1) is 29.2 Å². The Morgan fingerprint density at radius 2 is 1.68 bits per heavy atom. The molecule has 19 heavy (non-hydrogen) atoms. The lowest BCUT2D eigenvalue weighted by Crippen LogP contribution is -2.02. The third kappa shape index (κ3) is 3.51. The Labute approximate surface area is 114 Å². The Hall–Kier alpha value is -1.94. The number of ether oxygens (including phenoxy) is 1. The molecule has 2 rings (SSSR count). The van der Waals surface area contributed by atoms with Crippen molar-refractivity contribution in [2.24, 2.45) is 0 Å². The van der Waals surface area contributed by atoms with Crippen LogP contribution in [0, 0.1) is 0 Å². The smallest absolute Gasteiger partial charge is 0.337 e. The van der Waals surface area contributed by atoms with Crippen LogP contribution >= 0.6 is 0 Å². The summed E-state index contributed by atoms with van der Waals surface area (Å²) in [6.45, 7) is 0. The number of hydrogen-bond donors (Lipinski definition) is 0. The molecule has 4 heteroatoms. The van der Waals surface area contributed by atoms with Crippen LogP contribution in [0.3, 0.4) is 0 Å². The first-order valence-electron chi connectivity index (χ1n) is 5.81. The van der Waals surface area contributed by atoms with Gasteiger partial charge in [0.15, 0.2) is 0 Å². The second-order valence-electron chi connectivity index (χ2n) is 3.99. The van der Waals surface area contributed by atoms with Crippen molar-refractivity contribution in [2.45, 2.75) is 10.6 Å². The van der Waals surface area contributed by atoms with E-state index in [1.54, 1.807) is 24.3 Å². The van der Waals surface area contributed by atoms with Gasteiger partial charge in [0, 0.05) is 4.90 Å². The predicted octanol–water partition coefficient (Wildman–Crippen LogP) is 2.78. The highest BCUT2D eigenvalue weighted by Crippen LogP contribution is 2.13. The topological polar surface area (TPSA) is 43.4 Å². The monoisotopic (exact) mass is 274 g/mol. The van der Waals surface area contributed by atoms with Crippen LogP contribution in [0.1, 0.15) is 15.9 Å². The first kappa shape index (κ1) is 13.5. The van der Waals surface area contributed by atoms with E-state index in [9.17, 15) is 9.00 Å². The summed E-state index contributed by atoms with van der Waals surface area (Å²) >= 11 is 0. The van der Waals surface area contributed by atoms with Crippen molar-refractivity contribution in [3.05, 3.63) is 65.7 Å². The molecular weight excluding hydrogens is 260 g/mol. The predicted molar refractivity (Wildman–Crippen MR) is 74.3 cm³/mol. The van der Waals surface area contributed by atoms with E-state index in [1.807, 2.05) is 30.3 Å². The minimum absolute atomic E-state index is 0.365. The Kier molecular flexibility index (Phi) is 4.47. The summed E-state index contributed by atoms with van der Waals surface area (Å²) in [6.07, 6.45) is 0. The fourth-order valence-electron chi connectivity index (χ4n) is 1.66. The van der Waals surface area contributed by atoms with Crippen LogP contribution in [0.25, 0.3) is 0 Å². The Morgan fingerprint density at radius 1 is 1.05 bits per heavy atom. The maximum absolute atomic E-state index is 12.1. The quantitative estimate of drug-likeness (QED) is 0.805. The summed E-state index contributed by atoms with van der Waals surface area (Å²) in [5.41, 5.74) is 1.42. The molecule has 2 aromatic rings. The van der Waals surface area contributed by atoms with E-state index >= 15 is 0 Å². The van der Waals surface area contributed by atoms with E-state index in [1.165, 1.54) is 7.11 Å². The molecule has 0 N–H and O–H groups in total. The van der Waals surface area contributed by atoms with Gasteiger partial charge in [-0.15, -0.1) is 0 Å². The van der Waals surface area contributed by atoms with Crippen molar-refractivity contribution < 1.29 is 13.7 Å². The SMILES string of the molecule is COC(=O)c1ccc(C[S@](=O)c2ccccc2)cc1. The maximum atomic E-state index is 12.1. The standard InChI is InChI=1S/C15H14O3S/c1-18-15(16)13-9-7-12(8-10-13)11-19(17)14-5-3-2-4-6-14/h2-10H,11H2,1H3/t19-/m0/s1. The van der Waals surface area contributed by atoms with Gasteiger partial charge in [-0.2, -0.15) is 0 Å². The molecule has 0 spiro atoms. The lowest BCUT2D eigenvalue weighted by Gasteiger charge is -2.04. The highest BCUT2D eigenvalue weighted by molar-refractivity contribution is 7.84. The van der Waals surface area contributed by atoms with E-state index in [0.717, 1.165) is 10.5 Å². The van der Waals surface area contributed by atoms with Crippen molar-refractivity contribution in [2.75, 3.05) is 7.11 Å². The van der Waals surface area contributed by atoms with Gasteiger partial charge in [-0.1, -0.05) is 30.3 Å². The zero-order valence-corrected chi connectivity index (χ0v) is 11.4. The Balaban J connectivity index is 2.08. The second-order valence-corrected chi connectivity index (χ2v) is 5.44. The molecule has 0 aliphatic heterocycles. The number of benzene rings is 2. The Morgan fingerprint density at radius 3 is 2.26 bits per heavy atom. The van der Waals surface area contributed by atoms with Crippen molar-refractivity contribution in [1.29, 1.82) is 0 Å². The second kappa shape index (κ2) is 6.29. The van der Waals surface area contributed by atoms with Gasteiger partial charge >= 0.3 is 5.97 Å². The van der Waals surface area contributed by atoms with Crippen molar-refractivity contribution in [3.63, 3.8) is 0 Å². The van der Waals surface area contributed by atoms with E-state index in [4.69, 9.17) is 0 Å². The van der Waals surface area contributed by atoms with Crippen LogP contribution in [0.15, 0.2) is 59.5 Å². The molecule has 0 fully saturated rings. The lowest BCUT2D eigenvalue weighted by atomic mass is 10.1. The largest absolute Gasteiger partial charge is 0.465 e. The molecule has 2 aromatic carbocycles. The fraction of sp³-hybridized carbons (Fsp3) is 0.133. The van der Waals surface area contributed by atoms with Gasteiger partial charge in [-0.3, -0.25) is 4.21 Å². The molecule has 0 saturated heterocycles. The lowest BCUT2D eigenvalue weighted by molar-refractivity contribution is 0.0600. The number of hydrogen-bond acceptors (Lipinski definition) is 3. The van der Waals surface area contributed by atoms with Gasteiger partial charge < -0.3 is 4.74 Å². The van der Waals surface area contributed by atoms with Gasteiger partial charge in [0.25, 0.3) is 0 Å². The van der Waals surface area contributed by atoms with Crippen LogP contribution in [-0.4, -0.2) is 17.3 Å². The first-order chi connectivity index (χ1) is 9.20. The molecule has 1 atom stereocenters. The van der Waals surface area contributed by atoms with E-state index in [2.05, 4.69) is 4.74 Å². The van der Waals surface area contributed by atoms with E-state index < -0.39 is 10.8 Å². The van der Waals surface area contributed by atoms with Crippen LogP contribution in [0.4, 0.5) is 0 Å². The van der Waals surface area contributed by atoms with Crippen molar-refractivity contribution in [1.82, 2.24) is 0 Å². The first-order valence-corrected chi connectivity index (χ1v) is 7.13. The molecule has 0 aliphatic rings. The molecule has 0 saturated carbocycles. The van der Waals surface area contributed by atoms with Crippen molar-refractivity contribution in [3.8, 4) is 0 Å². The molecular formula is C15H14O3S. The third-order valence-corrected chi connectivity index (χ3v) is 4.07. The van der Waals surface area contributed by atoms with Crippen molar-refractivity contribution >= 4 is 16.8 Å². The number of rotatable bonds is 4. The molecule has 0 aliphatic carbocycles. The number of carbonyl (C=O) groups excluding carboxylic acids is 1. The molecule has 98 valence electrons. The van der Waals surface area contributed by atoms with Gasteiger partial charge in [0.1, 0.15) is 0 Å². The summed E-state index contributed by atoms with van der Waals surface area (Å²) in [5, 5.41) is 0.